The van der Waals surface area contributed by atoms with Crippen LogP contribution >= 0.6 is 27.3 Å². The van der Waals surface area contributed by atoms with E-state index in [-0.39, 0.29) is 11.9 Å². The summed E-state index contributed by atoms with van der Waals surface area (Å²) in [7, 11) is 0. The predicted molar refractivity (Wildman–Crippen MR) is 78.3 cm³/mol. The van der Waals surface area contributed by atoms with E-state index in [1.54, 1.807) is 0 Å². The lowest BCUT2D eigenvalue weighted by Gasteiger charge is -2.35. The van der Waals surface area contributed by atoms with Gasteiger partial charge in [-0.2, -0.15) is 0 Å². The number of urea groups is 1. The molecule has 0 aliphatic carbocycles. The van der Waals surface area contributed by atoms with Crippen molar-refractivity contribution in [3.63, 3.8) is 0 Å². The zero-order valence-electron chi connectivity index (χ0n) is 10.4. The Balaban J connectivity index is 2.06. The van der Waals surface area contributed by atoms with Crippen LogP contribution in [0.2, 0.25) is 0 Å². The zero-order chi connectivity index (χ0) is 13.8. The number of thiophene rings is 1. The molecule has 0 bridgehead atoms. The van der Waals surface area contributed by atoms with Crippen molar-refractivity contribution in [1.82, 2.24) is 10.2 Å². The maximum Gasteiger partial charge on any atom is 0.312 e. The molecule has 7 heteroatoms. The lowest BCUT2D eigenvalue weighted by atomic mass is 10.0. The first-order valence-corrected chi connectivity index (χ1v) is 7.78. The molecule has 1 unspecified atom stereocenters. The van der Waals surface area contributed by atoms with Crippen LogP contribution < -0.4 is 11.1 Å². The third-order valence-electron chi connectivity index (χ3n) is 3.18. The van der Waals surface area contributed by atoms with Gasteiger partial charge in [0, 0.05) is 19.1 Å². The van der Waals surface area contributed by atoms with Crippen molar-refractivity contribution in [1.29, 1.82) is 0 Å². The molecule has 1 aliphatic rings. The number of nitrogens with zero attached hydrogens (tertiary/aromatic N) is 1. The van der Waals surface area contributed by atoms with Crippen LogP contribution in [-0.2, 0) is 0 Å². The van der Waals surface area contributed by atoms with Crippen molar-refractivity contribution in [2.24, 2.45) is 5.73 Å². The molecule has 0 aromatic carbocycles. The Morgan fingerprint density at radius 3 is 2.89 bits per heavy atom. The number of amides is 3. The number of carbonyl (C=O) groups is 2. The topological polar surface area (TPSA) is 75.4 Å². The summed E-state index contributed by atoms with van der Waals surface area (Å²) in [5.74, 6) is 0.0340. The van der Waals surface area contributed by atoms with Crippen molar-refractivity contribution >= 4 is 39.2 Å². The van der Waals surface area contributed by atoms with Gasteiger partial charge in [-0.1, -0.05) is 0 Å². The summed E-state index contributed by atoms with van der Waals surface area (Å²) >= 11 is 4.79. The predicted octanol–water partition coefficient (Wildman–Crippen LogP) is 2.17. The van der Waals surface area contributed by atoms with Gasteiger partial charge in [-0.15, -0.1) is 11.3 Å². The number of rotatable bonds is 3. The molecule has 1 atom stereocenters. The molecule has 0 spiro atoms. The normalized spacial score (nSPS) is 19.2. The number of hydrogen-bond acceptors (Lipinski definition) is 3. The number of nitrogens with two attached hydrogens (primary N) is 1. The molecule has 1 fully saturated rings. The number of likely N-dealkylation sites (tertiary alicyclic amines) is 1. The highest BCUT2D eigenvalue weighted by atomic mass is 79.9. The average molecular weight is 346 g/mol. The van der Waals surface area contributed by atoms with Gasteiger partial charge in [-0.25, -0.2) is 4.79 Å². The molecular formula is C12H16BrN3O2S. The fourth-order valence-corrected chi connectivity index (χ4v) is 3.61. The zero-order valence-corrected chi connectivity index (χ0v) is 12.8. The summed E-state index contributed by atoms with van der Waals surface area (Å²) in [6.07, 6.45) is 2.98. The standard InChI is InChI=1S/C12H16BrN3O2S/c13-10-5-4-9(19-10)11(17)16-6-2-1-3-8(16)7-15-12(14)18/h4-5,8H,1-3,6-7H2,(H3,14,15,18). The van der Waals surface area contributed by atoms with Gasteiger partial charge < -0.3 is 16.0 Å². The van der Waals surface area contributed by atoms with E-state index < -0.39 is 6.03 Å². The minimum absolute atomic E-state index is 0.0340. The van der Waals surface area contributed by atoms with Crippen LogP contribution in [0.1, 0.15) is 28.9 Å². The summed E-state index contributed by atoms with van der Waals surface area (Å²) in [4.78, 5) is 25.8. The smallest absolute Gasteiger partial charge is 0.312 e. The van der Waals surface area contributed by atoms with Crippen LogP contribution in [0.5, 0.6) is 0 Å². The van der Waals surface area contributed by atoms with Gasteiger partial charge >= 0.3 is 6.03 Å². The van der Waals surface area contributed by atoms with Crippen molar-refractivity contribution in [2.75, 3.05) is 13.1 Å². The maximum atomic E-state index is 12.4. The Kier molecular flexibility index (Phi) is 4.81. The van der Waals surface area contributed by atoms with Crippen LogP contribution in [0.15, 0.2) is 15.9 Å². The number of carbonyl (C=O) groups excluding carboxylic acids is 2. The van der Waals surface area contributed by atoms with Gasteiger partial charge in [0.25, 0.3) is 5.91 Å². The van der Waals surface area contributed by atoms with Crippen molar-refractivity contribution in [3.8, 4) is 0 Å². The van der Waals surface area contributed by atoms with E-state index in [1.807, 2.05) is 17.0 Å². The Bertz CT molecular complexity index is 477. The lowest BCUT2D eigenvalue weighted by Crippen LogP contribution is -2.50. The van der Waals surface area contributed by atoms with Crippen LogP contribution in [-0.4, -0.2) is 36.0 Å². The molecule has 0 saturated carbocycles. The first-order valence-electron chi connectivity index (χ1n) is 6.17. The van der Waals surface area contributed by atoms with E-state index in [0.29, 0.717) is 6.54 Å². The highest BCUT2D eigenvalue weighted by Gasteiger charge is 2.28. The molecule has 104 valence electrons. The number of piperidine rings is 1. The summed E-state index contributed by atoms with van der Waals surface area (Å²) in [6.45, 7) is 1.16. The molecule has 3 amide bonds. The lowest BCUT2D eigenvalue weighted by molar-refractivity contribution is 0.0620. The van der Waals surface area contributed by atoms with E-state index in [1.165, 1.54) is 11.3 Å². The first kappa shape index (κ1) is 14.3. The molecule has 2 heterocycles. The van der Waals surface area contributed by atoms with Gasteiger partial charge in [0.15, 0.2) is 0 Å². The third kappa shape index (κ3) is 3.70. The van der Waals surface area contributed by atoms with Crippen LogP contribution in [0.25, 0.3) is 0 Å². The molecule has 2 rings (SSSR count). The van der Waals surface area contributed by atoms with Gasteiger partial charge in [0.1, 0.15) is 0 Å². The largest absolute Gasteiger partial charge is 0.352 e. The van der Waals surface area contributed by atoms with Gasteiger partial charge in [-0.05, 0) is 47.3 Å². The van der Waals surface area contributed by atoms with Gasteiger partial charge in [0.2, 0.25) is 0 Å². The molecule has 1 aromatic rings. The average Bonchev–Trinajstić information content (AvgIpc) is 2.82. The van der Waals surface area contributed by atoms with E-state index in [2.05, 4.69) is 21.2 Å². The second-order valence-electron chi connectivity index (χ2n) is 4.50. The molecular weight excluding hydrogens is 330 g/mol. The van der Waals surface area contributed by atoms with Crippen LogP contribution in [0, 0.1) is 0 Å². The van der Waals surface area contributed by atoms with E-state index in [9.17, 15) is 9.59 Å². The molecule has 1 aromatic heterocycles. The Labute approximate surface area is 124 Å². The molecule has 1 saturated heterocycles. The Morgan fingerprint density at radius 2 is 2.26 bits per heavy atom. The maximum absolute atomic E-state index is 12.4. The first-order chi connectivity index (χ1) is 9.08. The Morgan fingerprint density at radius 1 is 1.47 bits per heavy atom. The molecule has 0 radical (unpaired) electrons. The number of primary amides is 1. The second-order valence-corrected chi connectivity index (χ2v) is 6.96. The van der Waals surface area contributed by atoms with Gasteiger partial charge in [-0.3, -0.25) is 4.79 Å². The van der Waals surface area contributed by atoms with E-state index in [4.69, 9.17) is 5.73 Å². The minimum atomic E-state index is -0.545. The van der Waals surface area contributed by atoms with Crippen LogP contribution in [0.4, 0.5) is 4.79 Å². The summed E-state index contributed by atoms with van der Waals surface area (Å²) in [5, 5.41) is 2.60. The summed E-state index contributed by atoms with van der Waals surface area (Å²) < 4.78 is 0.944. The molecule has 19 heavy (non-hydrogen) atoms. The fraction of sp³-hybridized carbons (Fsp3) is 0.500. The summed E-state index contributed by atoms with van der Waals surface area (Å²) in [6, 6.07) is 3.19. The van der Waals surface area contributed by atoms with E-state index >= 15 is 0 Å². The Hall–Kier alpha value is -1.08. The highest BCUT2D eigenvalue weighted by molar-refractivity contribution is 9.11. The quantitative estimate of drug-likeness (QED) is 0.880. The monoisotopic (exact) mass is 345 g/mol. The number of hydrogen-bond donors (Lipinski definition) is 2. The van der Waals surface area contributed by atoms with E-state index in [0.717, 1.165) is 34.5 Å². The minimum Gasteiger partial charge on any atom is -0.352 e. The second kappa shape index (κ2) is 6.38. The molecule has 3 N–H and O–H groups in total. The third-order valence-corrected chi connectivity index (χ3v) is 4.80. The molecule has 1 aliphatic heterocycles. The highest BCUT2D eigenvalue weighted by Crippen LogP contribution is 2.26. The van der Waals surface area contributed by atoms with Crippen molar-refractivity contribution in [3.05, 3.63) is 20.8 Å². The summed E-state index contributed by atoms with van der Waals surface area (Å²) in [5.41, 5.74) is 5.09. The molecule has 5 nitrogen and oxygen atoms in total. The van der Waals surface area contributed by atoms with Crippen molar-refractivity contribution in [2.45, 2.75) is 25.3 Å². The van der Waals surface area contributed by atoms with Crippen LogP contribution in [0.3, 0.4) is 0 Å². The van der Waals surface area contributed by atoms with Crippen molar-refractivity contribution < 1.29 is 9.59 Å². The number of halogens is 1. The number of nitrogens with one attached hydrogen (secondary N) is 1. The van der Waals surface area contributed by atoms with Gasteiger partial charge in [0.05, 0.1) is 8.66 Å². The SMILES string of the molecule is NC(=O)NCC1CCCCN1C(=O)c1ccc(Br)s1. The fourth-order valence-electron chi connectivity index (χ4n) is 2.27.